The topological polar surface area (TPSA) is 73.6 Å². The van der Waals surface area contributed by atoms with Crippen molar-refractivity contribution < 1.29 is 14.4 Å². The molecule has 0 aliphatic carbocycles. The molecule has 2 rings (SSSR count). The average Bonchev–Trinajstić information content (AvgIpc) is 2.89. The number of benzene rings is 1. The van der Waals surface area contributed by atoms with Gasteiger partial charge in [0.25, 0.3) is 0 Å². The average molecular weight is 266 g/mol. The lowest BCUT2D eigenvalue weighted by atomic mass is 10.2. The van der Waals surface area contributed by atoms with Gasteiger partial charge in [-0.3, -0.25) is 10.1 Å². The van der Waals surface area contributed by atoms with Gasteiger partial charge in [-0.15, -0.1) is 0 Å². The molecule has 0 bridgehead atoms. The quantitative estimate of drug-likeness (QED) is 0.630. The normalized spacial score (nSPS) is 18.3. The minimum Gasteiger partial charge on any atom is -0.487 e. The van der Waals surface area contributed by atoms with Gasteiger partial charge in [0, 0.05) is 6.04 Å². The maximum Gasteiger partial charge on any atom is 0.352 e. The van der Waals surface area contributed by atoms with E-state index in [0.29, 0.717) is 13.2 Å². The molecule has 1 N–H and O–H groups in total. The molecule has 104 valence electrons. The summed E-state index contributed by atoms with van der Waals surface area (Å²) in [4.78, 5) is 10.7. The van der Waals surface area contributed by atoms with Gasteiger partial charge in [0.2, 0.25) is 11.5 Å². The van der Waals surface area contributed by atoms with E-state index in [2.05, 4.69) is 5.32 Å². The molecule has 0 aromatic heterocycles. The molecule has 1 aliphatic heterocycles. The third-order valence-corrected chi connectivity index (χ3v) is 3.05. The molecule has 0 spiro atoms. The van der Waals surface area contributed by atoms with Crippen LogP contribution in [-0.2, 0) is 0 Å². The summed E-state index contributed by atoms with van der Waals surface area (Å²) in [7, 11) is 0. The van der Waals surface area contributed by atoms with Crippen LogP contribution in [0.15, 0.2) is 18.2 Å². The molecular formula is C13H18N2O4. The number of para-hydroxylation sites is 1. The lowest BCUT2D eigenvalue weighted by Gasteiger charge is -2.13. The minimum atomic E-state index is -0.456. The lowest BCUT2D eigenvalue weighted by Crippen LogP contribution is -2.28. The van der Waals surface area contributed by atoms with Crippen LogP contribution in [0.3, 0.4) is 0 Å². The van der Waals surface area contributed by atoms with Gasteiger partial charge in [-0.2, -0.15) is 0 Å². The molecule has 1 aromatic carbocycles. The number of nitro benzene ring substituents is 1. The Balaban J connectivity index is 2.13. The van der Waals surface area contributed by atoms with E-state index in [1.54, 1.807) is 25.1 Å². The van der Waals surface area contributed by atoms with E-state index < -0.39 is 4.92 Å². The molecule has 1 unspecified atom stereocenters. The van der Waals surface area contributed by atoms with E-state index >= 15 is 0 Å². The molecule has 1 saturated heterocycles. The molecule has 1 fully saturated rings. The van der Waals surface area contributed by atoms with Crippen molar-refractivity contribution in [3.8, 4) is 11.5 Å². The van der Waals surface area contributed by atoms with Crippen molar-refractivity contribution in [3.63, 3.8) is 0 Å². The Bertz CT molecular complexity index is 444. The zero-order valence-corrected chi connectivity index (χ0v) is 10.9. The van der Waals surface area contributed by atoms with Crippen molar-refractivity contribution in [1.82, 2.24) is 5.32 Å². The second-order valence-corrected chi connectivity index (χ2v) is 4.40. The van der Waals surface area contributed by atoms with Crippen molar-refractivity contribution in [1.29, 1.82) is 0 Å². The third kappa shape index (κ3) is 3.35. The first-order valence-corrected chi connectivity index (χ1v) is 6.48. The van der Waals surface area contributed by atoms with E-state index in [1.165, 1.54) is 0 Å². The molecule has 0 saturated carbocycles. The first kappa shape index (κ1) is 13.6. The van der Waals surface area contributed by atoms with Crippen LogP contribution in [0.25, 0.3) is 0 Å². The van der Waals surface area contributed by atoms with Crippen LogP contribution in [0, 0.1) is 10.1 Å². The highest BCUT2D eigenvalue weighted by Gasteiger charge is 2.23. The number of nitrogens with zero attached hydrogens (tertiary/aromatic N) is 1. The van der Waals surface area contributed by atoms with E-state index in [9.17, 15) is 10.1 Å². The van der Waals surface area contributed by atoms with Crippen molar-refractivity contribution in [3.05, 3.63) is 28.3 Å². The number of nitro groups is 1. The molecule has 0 amide bonds. The van der Waals surface area contributed by atoms with Gasteiger partial charge < -0.3 is 14.8 Å². The molecule has 1 heterocycles. The van der Waals surface area contributed by atoms with Gasteiger partial charge in [-0.1, -0.05) is 6.07 Å². The van der Waals surface area contributed by atoms with Gasteiger partial charge in [0.15, 0.2) is 0 Å². The monoisotopic (exact) mass is 266 g/mol. The van der Waals surface area contributed by atoms with Gasteiger partial charge in [-0.05, 0) is 38.4 Å². The number of ether oxygens (including phenoxy) is 2. The van der Waals surface area contributed by atoms with E-state index in [4.69, 9.17) is 9.47 Å². The van der Waals surface area contributed by atoms with Crippen LogP contribution in [0.2, 0.25) is 0 Å². The predicted octanol–water partition coefficient (Wildman–Crippen LogP) is 2.12. The lowest BCUT2D eigenvalue weighted by molar-refractivity contribution is -0.386. The summed E-state index contributed by atoms with van der Waals surface area (Å²) in [5.74, 6) is 0.522. The summed E-state index contributed by atoms with van der Waals surface area (Å²) in [5, 5.41) is 14.4. The fraction of sp³-hybridized carbons (Fsp3) is 0.538. The van der Waals surface area contributed by atoms with Gasteiger partial charge in [0.05, 0.1) is 11.5 Å². The van der Waals surface area contributed by atoms with E-state index in [-0.39, 0.29) is 23.2 Å². The zero-order valence-electron chi connectivity index (χ0n) is 10.9. The first-order valence-electron chi connectivity index (χ1n) is 6.48. The van der Waals surface area contributed by atoms with Crippen LogP contribution in [0.4, 0.5) is 5.69 Å². The zero-order chi connectivity index (χ0) is 13.7. The van der Waals surface area contributed by atoms with E-state index in [1.807, 2.05) is 0 Å². The fourth-order valence-electron chi connectivity index (χ4n) is 2.16. The summed E-state index contributed by atoms with van der Waals surface area (Å²) in [6, 6.07) is 5.17. The highest BCUT2D eigenvalue weighted by molar-refractivity contribution is 5.57. The molecule has 1 atom stereocenters. The Labute approximate surface area is 111 Å². The van der Waals surface area contributed by atoms with Crippen LogP contribution < -0.4 is 14.8 Å². The third-order valence-electron chi connectivity index (χ3n) is 3.05. The molecule has 1 aromatic rings. The predicted molar refractivity (Wildman–Crippen MR) is 70.8 cm³/mol. The van der Waals surface area contributed by atoms with Crippen molar-refractivity contribution in [2.24, 2.45) is 0 Å². The molecule has 1 aliphatic rings. The Morgan fingerprint density at radius 1 is 1.42 bits per heavy atom. The number of rotatable bonds is 6. The van der Waals surface area contributed by atoms with Gasteiger partial charge >= 0.3 is 5.69 Å². The Morgan fingerprint density at radius 3 is 2.74 bits per heavy atom. The van der Waals surface area contributed by atoms with Crippen molar-refractivity contribution in [2.75, 3.05) is 19.8 Å². The summed E-state index contributed by atoms with van der Waals surface area (Å²) in [6.07, 6.45) is 2.16. The van der Waals surface area contributed by atoms with Crippen molar-refractivity contribution >= 4 is 5.69 Å². The highest BCUT2D eigenvalue weighted by Crippen LogP contribution is 2.36. The summed E-state index contributed by atoms with van der Waals surface area (Å²) >= 11 is 0. The first-order chi connectivity index (χ1) is 9.22. The summed E-state index contributed by atoms with van der Waals surface area (Å²) < 4.78 is 10.9. The van der Waals surface area contributed by atoms with Crippen LogP contribution in [0.5, 0.6) is 11.5 Å². The van der Waals surface area contributed by atoms with E-state index in [0.717, 1.165) is 19.4 Å². The SMILES string of the molecule is CCOc1cccc(OCC2CCCN2)c1[N+](=O)[O-]. The molecule has 6 nitrogen and oxygen atoms in total. The maximum atomic E-state index is 11.1. The second-order valence-electron chi connectivity index (χ2n) is 4.40. The number of hydrogen-bond donors (Lipinski definition) is 1. The van der Waals surface area contributed by atoms with Crippen LogP contribution in [-0.4, -0.2) is 30.7 Å². The smallest absolute Gasteiger partial charge is 0.352 e. The van der Waals surface area contributed by atoms with Crippen LogP contribution >= 0.6 is 0 Å². The second kappa shape index (κ2) is 6.38. The van der Waals surface area contributed by atoms with Gasteiger partial charge in [-0.25, -0.2) is 0 Å². The number of hydrogen-bond acceptors (Lipinski definition) is 5. The molecular weight excluding hydrogens is 248 g/mol. The molecule has 19 heavy (non-hydrogen) atoms. The fourth-order valence-corrected chi connectivity index (χ4v) is 2.16. The summed E-state index contributed by atoms with van der Waals surface area (Å²) in [6.45, 7) is 3.60. The minimum absolute atomic E-state index is 0.0950. The molecule has 0 radical (unpaired) electrons. The Morgan fingerprint density at radius 2 is 2.16 bits per heavy atom. The Kier molecular flexibility index (Phi) is 4.57. The highest BCUT2D eigenvalue weighted by atomic mass is 16.6. The van der Waals surface area contributed by atoms with Crippen molar-refractivity contribution in [2.45, 2.75) is 25.8 Å². The maximum absolute atomic E-state index is 11.1. The molecule has 6 heteroatoms. The summed E-state index contributed by atoms with van der Waals surface area (Å²) in [5.41, 5.74) is -0.0950. The standard InChI is InChI=1S/C13H18N2O4/c1-2-18-11-6-3-7-12(13(11)15(16)17)19-9-10-5-4-8-14-10/h3,6-7,10,14H,2,4-5,8-9H2,1H3. The number of nitrogens with one attached hydrogen (secondary N) is 1. The Hall–Kier alpha value is -1.82. The van der Waals surface area contributed by atoms with Crippen LogP contribution in [0.1, 0.15) is 19.8 Å². The largest absolute Gasteiger partial charge is 0.487 e. The van der Waals surface area contributed by atoms with Gasteiger partial charge in [0.1, 0.15) is 6.61 Å².